The zero-order chi connectivity index (χ0) is 37.0. The Hall–Kier alpha value is -5.76. The number of amides is 3. The van der Waals surface area contributed by atoms with E-state index in [9.17, 15) is 24.3 Å². The van der Waals surface area contributed by atoms with Gasteiger partial charge in [0.25, 0.3) is 0 Å². The second kappa shape index (κ2) is 12.1. The van der Waals surface area contributed by atoms with E-state index in [2.05, 4.69) is 10.3 Å². The number of likely N-dealkylation sites (tertiary alicyclic amines) is 1. The van der Waals surface area contributed by atoms with E-state index in [4.69, 9.17) is 28.4 Å². The van der Waals surface area contributed by atoms with Gasteiger partial charge in [0, 0.05) is 29.5 Å². The molecule has 4 fully saturated rings. The summed E-state index contributed by atoms with van der Waals surface area (Å²) in [5.74, 6) is -3.90. The number of para-hydroxylation sites is 1. The Labute approximate surface area is 308 Å². The number of nitrogens with zero attached hydrogens (tertiary/aromatic N) is 1. The first kappa shape index (κ1) is 32.9. The number of H-pyrrole nitrogens is 1. The predicted molar refractivity (Wildman–Crippen MR) is 187 cm³/mol. The van der Waals surface area contributed by atoms with E-state index in [1.807, 2.05) is 42.5 Å². The van der Waals surface area contributed by atoms with Crippen LogP contribution in [0.25, 0.3) is 10.9 Å². The number of aromatic amines is 1. The molecule has 278 valence electrons. The number of aromatic hydroxyl groups is 1. The minimum atomic E-state index is -1.19. The fourth-order valence-corrected chi connectivity index (χ4v) is 9.89. The van der Waals surface area contributed by atoms with Crippen LogP contribution in [0.4, 0.5) is 0 Å². The number of carbonyl (C=O) groups excluding carboxylic acids is 4. The number of nitrogens with one attached hydrogen (secondary N) is 2. The normalized spacial score (nSPS) is 29.2. The van der Waals surface area contributed by atoms with Gasteiger partial charge in [-0.15, -0.1) is 0 Å². The van der Waals surface area contributed by atoms with Crippen LogP contribution in [-0.4, -0.2) is 84.6 Å². The number of ether oxygens (including phenoxy) is 6. The van der Waals surface area contributed by atoms with Gasteiger partial charge < -0.3 is 43.8 Å². The third-order valence-electron chi connectivity index (χ3n) is 12.3. The molecule has 3 aromatic carbocycles. The number of aromatic nitrogens is 1. The fourth-order valence-electron chi connectivity index (χ4n) is 9.89. The SMILES string of the molecule is COc1cc([C@@H]2c3cc4c(cc3[C@@H](NC(=O)[C@H](Cc3cc5ccccc5[nH]3)N3C(=O)C5C6CCC(O6)C5C3=O)[C@H]3COC(=O)[C@H]23)OCO4)cc(OC)c1O. The van der Waals surface area contributed by atoms with Gasteiger partial charge in [-0.1, -0.05) is 18.2 Å². The highest BCUT2D eigenvalue weighted by Crippen LogP contribution is 2.56. The van der Waals surface area contributed by atoms with Crippen LogP contribution in [0, 0.1) is 23.7 Å². The van der Waals surface area contributed by atoms with E-state index >= 15 is 0 Å². The molecule has 0 spiro atoms. The molecule has 10 rings (SSSR count). The van der Waals surface area contributed by atoms with Gasteiger partial charge in [0.1, 0.15) is 6.04 Å². The maximum atomic E-state index is 14.9. The number of cyclic esters (lactones) is 1. The van der Waals surface area contributed by atoms with Crippen molar-refractivity contribution in [3.05, 3.63) is 77.0 Å². The molecule has 0 radical (unpaired) electrons. The van der Waals surface area contributed by atoms with Gasteiger partial charge in [-0.3, -0.25) is 24.1 Å². The van der Waals surface area contributed by atoms with Gasteiger partial charge in [-0.25, -0.2) is 0 Å². The zero-order valence-corrected chi connectivity index (χ0v) is 29.4. The molecule has 14 heteroatoms. The molecule has 5 aliphatic heterocycles. The molecule has 6 aliphatic rings. The number of hydrogen-bond acceptors (Lipinski definition) is 11. The molecule has 3 N–H and O–H groups in total. The first-order chi connectivity index (χ1) is 26.2. The largest absolute Gasteiger partial charge is 0.502 e. The number of phenolic OH excluding ortho intramolecular Hbond substituents is 1. The highest BCUT2D eigenvalue weighted by Gasteiger charge is 2.64. The molecular formula is C40H37N3O11. The van der Waals surface area contributed by atoms with Gasteiger partial charge >= 0.3 is 5.97 Å². The minimum absolute atomic E-state index is 0.00425. The molecule has 1 aliphatic carbocycles. The van der Waals surface area contributed by atoms with E-state index in [1.54, 1.807) is 12.1 Å². The topological polar surface area (TPSA) is 175 Å². The first-order valence-corrected chi connectivity index (χ1v) is 18.2. The van der Waals surface area contributed by atoms with E-state index in [0.29, 0.717) is 46.7 Å². The number of imide groups is 1. The Bertz CT molecular complexity index is 2180. The van der Waals surface area contributed by atoms with Crippen LogP contribution in [-0.2, 0) is 35.1 Å². The smallest absolute Gasteiger partial charge is 0.310 e. The summed E-state index contributed by atoms with van der Waals surface area (Å²) in [6.07, 6.45) is 0.759. The van der Waals surface area contributed by atoms with Crippen LogP contribution in [0.2, 0.25) is 0 Å². The van der Waals surface area contributed by atoms with Crippen LogP contribution in [0.5, 0.6) is 28.7 Å². The van der Waals surface area contributed by atoms with Crippen molar-refractivity contribution in [3.8, 4) is 28.7 Å². The summed E-state index contributed by atoms with van der Waals surface area (Å²) >= 11 is 0. The van der Waals surface area contributed by atoms with Crippen LogP contribution in [0.3, 0.4) is 0 Å². The average molecular weight is 736 g/mol. The van der Waals surface area contributed by atoms with Gasteiger partial charge in [0.05, 0.1) is 56.8 Å². The van der Waals surface area contributed by atoms with Gasteiger partial charge in [0.2, 0.25) is 30.3 Å². The quantitative estimate of drug-likeness (QED) is 0.179. The van der Waals surface area contributed by atoms with Crippen LogP contribution in [0.1, 0.15) is 47.2 Å². The molecule has 3 amide bonds. The molecule has 14 nitrogen and oxygen atoms in total. The number of esters is 1. The number of hydrogen-bond donors (Lipinski definition) is 3. The summed E-state index contributed by atoms with van der Waals surface area (Å²) in [5.41, 5.74) is 3.50. The summed E-state index contributed by atoms with van der Waals surface area (Å²) in [6, 6.07) is 14.6. The van der Waals surface area contributed by atoms with Crippen molar-refractivity contribution >= 4 is 34.6 Å². The van der Waals surface area contributed by atoms with Crippen LogP contribution < -0.4 is 24.3 Å². The van der Waals surface area contributed by atoms with Crippen LogP contribution >= 0.6 is 0 Å². The molecule has 1 aromatic heterocycles. The van der Waals surface area contributed by atoms with E-state index < -0.39 is 65.4 Å². The summed E-state index contributed by atoms with van der Waals surface area (Å²) < 4.78 is 34.3. The van der Waals surface area contributed by atoms with Crippen molar-refractivity contribution in [2.24, 2.45) is 23.7 Å². The number of carbonyl (C=O) groups is 4. The maximum absolute atomic E-state index is 14.9. The molecule has 0 saturated carbocycles. The summed E-state index contributed by atoms with van der Waals surface area (Å²) in [7, 11) is 2.85. The number of benzene rings is 3. The Balaban J connectivity index is 1.07. The Morgan fingerprint density at radius 3 is 2.24 bits per heavy atom. The lowest BCUT2D eigenvalue weighted by molar-refractivity contribution is -0.150. The molecule has 2 bridgehead atoms. The van der Waals surface area contributed by atoms with E-state index in [0.717, 1.165) is 10.9 Å². The Morgan fingerprint density at radius 1 is 0.907 bits per heavy atom. The molecule has 9 atom stereocenters. The number of fused-ring (bicyclic) bond motifs is 9. The Kier molecular flexibility index (Phi) is 7.38. The van der Waals surface area contributed by atoms with Crippen molar-refractivity contribution in [1.82, 2.24) is 15.2 Å². The summed E-state index contributed by atoms with van der Waals surface area (Å²) in [5, 5.41) is 14.9. The van der Waals surface area contributed by atoms with E-state index in [-0.39, 0.29) is 49.3 Å². The number of rotatable bonds is 8. The second-order valence-corrected chi connectivity index (χ2v) is 14.9. The Morgan fingerprint density at radius 2 is 1.57 bits per heavy atom. The third kappa shape index (κ3) is 4.74. The maximum Gasteiger partial charge on any atom is 0.310 e. The molecule has 54 heavy (non-hydrogen) atoms. The lowest BCUT2D eigenvalue weighted by Gasteiger charge is -2.40. The third-order valence-corrected chi connectivity index (χ3v) is 12.3. The average Bonchev–Trinajstić information content (AvgIpc) is 4.04. The van der Waals surface area contributed by atoms with Crippen molar-refractivity contribution in [3.63, 3.8) is 0 Å². The fraction of sp³-hybridized carbons (Fsp3) is 0.400. The molecule has 6 heterocycles. The summed E-state index contributed by atoms with van der Waals surface area (Å²) in [4.78, 5) is 61.6. The van der Waals surface area contributed by atoms with Crippen molar-refractivity contribution in [2.45, 2.75) is 49.5 Å². The molecule has 4 saturated heterocycles. The molecule has 4 unspecified atom stereocenters. The highest BCUT2D eigenvalue weighted by atomic mass is 16.7. The van der Waals surface area contributed by atoms with E-state index in [1.165, 1.54) is 19.1 Å². The standard InChI is InChI=1S/C40H37N3O11/c1-49-29-10-18(11-30(50-2)36(29)44)31-20-13-27-28(53-16-52-27)14-21(20)35(22-15-51-40(48)32(22)31)42-37(45)24(12-19-9-17-5-3-4-6-23(17)41-19)43-38(46)33-25-7-8-26(54-25)34(33)39(43)47/h3-6,9-11,13-14,22,24-26,31-35,41,44H,7-8,12,15-16H2,1-2H3,(H,42,45)/t22-,24-,25?,26?,31+,32-,33?,34?,35+/m0/s1. The monoisotopic (exact) mass is 735 g/mol. The highest BCUT2D eigenvalue weighted by molar-refractivity contribution is 6.09. The van der Waals surface area contributed by atoms with Gasteiger partial charge in [-0.05, 0) is 71.3 Å². The molecule has 4 aromatic rings. The lowest BCUT2D eigenvalue weighted by atomic mass is 9.65. The second-order valence-electron chi connectivity index (χ2n) is 14.9. The predicted octanol–water partition coefficient (Wildman–Crippen LogP) is 3.49. The van der Waals surface area contributed by atoms with Gasteiger partial charge in [0.15, 0.2) is 23.0 Å². The zero-order valence-electron chi connectivity index (χ0n) is 29.4. The van der Waals surface area contributed by atoms with Crippen molar-refractivity contribution in [2.75, 3.05) is 27.6 Å². The van der Waals surface area contributed by atoms with Crippen molar-refractivity contribution < 1.29 is 52.7 Å². The summed E-state index contributed by atoms with van der Waals surface area (Å²) in [6.45, 7) is -0.000243. The number of phenols is 1. The van der Waals surface area contributed by atoms with Crippen molar-refractivity contribution in [1.29, 1.82) is 0 Å². The van der Waals surface area contributed by atoms with Gasteiger partial charge in [-0.2, -0.15) is 0 Å². The molecular weight excluding hydrogens is 698 g/mol. The minimum Gasteiger partial charge on any atom is -0.502 e. The first-order valence-electron chi connectivity index (χ1n) is 18.2. The number of methoxy groups -OCH3 is 2. The lowest BCUT2D eigenvalue weighted by Crippen LogP contribution is -2.54. The van der Waals surface area contributed by atoms with Crippen LogP contribution in [0.15, 0.2) is 54.6 Å².